The van der Waals surface area contributed by atoms with Gasteiger partial charge < -0.3 is 11.1 Å². The highest BCUT2D eigenvalue weighted by Crippen LogP contribution is 2.22. The van der Waals surface area contributed by atoms with Crippen molar-refractivity contribution in [3.63, 3.8) is 0 Å². The van der Waals surface area contributed by atoms with Crippen LogP contribution in [0.15, 0.2) is 12.3 Å². The summed E-state index contributed by atoms with van der Waals surface area (Å²) in [7, 11) is 0. The second kappa shape index (κ2) is 6.52. The Hall–Kier alpha value is -0.880. The lowest BCUT2D eigenvalue weighted by Crippen LogP contribution is -2.40. The average molecular weight is 303 g/mol. The molecule has 1 aliphatic rings. The monoisotopic (exact) mass is 302 g/mol. The summed E-state index contributed by atoms with van der Waals surface area (Å²) in [6.07, 6.45) is 3.57. The third kappa shape index (κ3) is 3.79. The molecule has 1 aromatic heterocycles. The number of aromatic nitrogens is 1. The SMILES string of the molecule is NCC1CCCN1CC(=O)Nc1ncc(Cl)cc1Cl. The largest absolute Gasteiger partial charge is 0.329 e. The van der Waals surface area contributed by atoms with Gasteiger partial charge in [-0.2, -0.15) is 0 Å². The number of nitrogens with zero attached hydrogens (tertiary/aromatic N) is 2. The third-order valence-electron chi connectivity index (χ3n) is 3.18. The first kappa shape index (κ1) is 14.5. The molecule has 1 amide bonds. The van der Waals surface area contributed by atoms with E-state index >= 15 is 0 Å². The predicted octanol–water partition coefficient (Wildman–Crippen LogP) is 1.75. The van der Waals surface area contributed by atoms with Crippen molar-refractivity contribution in [2.45, 2.75) is 18.9 Å². The highest BCUT2D eigenvalue weighted by molar-refractivity contribution is 6.36. The van der Waals surface area contributed by atoms with Crippen molar-refractivity contribution in [3.8, 4) is 0 Å². The molecule has 1 saturated heterocycles. The van der Waals surface area contributed by atoms with Crippen LogP contribution in [0.4, 0.5) is 5.82 Å². The molecule has 5 nitrogen and oxygen atoms in total. The van der Waals surface area contributed by atoms with E-state index in [2.05, 4.69) is 15.2 Å². The van der Waals surface area contributed by atoms with Gasteiger partial charge in [0.25, 0.3) is 0 Å². The van der Waals surface area contributed by atoms with Crippen LogP contribution in [0.3, 0.4) is 0 Å². The minimum atomic E-state index is -0.142. The third-order valence-corrected chi connectivity index (χ3v) is 3.68. The van der Waals surface area contributed by atoms with Gasteiger partial charge in [-0.25, -0.2) is 4.98 Å². The molecular formula is C12H16Cl2N4O. The Bertz CT molecular complexity index is 469. The summed E-state index contributed by atoms with van der Waals surface area (Å²) in [6.45, 7) is 1.78. The lowest BCUT2D eigenvalue weighted by molar-refractivity contribution is -0.117. The number of rotatable bonds is 4. The van der Waals surface area contributed by atoms with Crippen molar-refractivity contribution in [1.29, 1.82) is 0 Å². The Morgan fingerprint density at radius 1 is 1.58 bits per heavy atom. The molecule has 0 aliphatic carbocycles. The fraction of sp³-hybridized carbons (Fsp3) is 0.500. The van der Waals surface area contributed by atoms with E-state index in [9.17, 15) is 4.79 Å². The number of amides is 1. The lowest BCUT2D eigenvalue weighted by Gasteiger charge is -2.22. The van der Waals surface area contributed by atoms with Crippen LogP contribution in [0.1, 0.15) is 12.8 Å². The van der Waals surface area contributed by atoms with Gasteiger partial charge in [-0.05, 0) is 25.5 Å². The van der Waals surface area contributed by atoms with E-state index in [1.54, 1.807) is 6.07 Å². The molecule has 3 N–H and O–H groups in total. The van der Waals surface area contributed by atoms with E-state index in [4.69, 9.17) is 28.9 Å². The van der Waals surface area contributed by atoms with Crippen molar-refractivity contribution >= 4 is 34.9 Å². The van der Waals surface area contributed by atoms with Gasteiger partial charge >= 0.3 is 0 Å². The first-order chi connectivity index (χ1) is 9.10. The Kier molecular flexibility index (Phi) is 4.99. The molecule has 2 heterocycles. The topological polar surface area (TPSA) is 71.2 Å². The molecule has 19 heavy (non-hydrogen) atoms. The molecule has 1 fully saturated rings. The van der Waals surface area contributed by atoms with Crippen LogP contribution in [0.5, 0.6) is 0 Å². The van der Waals surface area contributed by atoms with Crippen molar-refractivity contribution in [2.24, 2.45) is 5.73 Å². The number of nitrogens with two attached hydrogens (primary N) is 1. The minimum Gasteiger partial charge on any atom is -0.329 e. The van der Waals surface area contributed by atoms with Crippen molar-refractivity contribution in [1.82, 2.24) is 9.88 Å². The number of anilines is 1. The number of hydrogen-bond donors (Lipinski definition) is 2. The Morgan fingerprint density at radius 3 is 3.05 bits per heavy atom. The van der Waals surface area contributed by atoms with Crippen LogP contribution in [-0.2, 0) is 4.79 Å². The van der Waals surface area contributed by atoms with Gasteiger partial charge in [-0.15, -0.1) is 0 Å². The Morgan fingerprint density at radius 2 is 2.37 bits per heavy atom. The van der Waals surface area contributed by atoms with E-state index < -0.39 is 0 Å². The molecule has 0 aromatic carbocycles. The van der Waals surface area contributed by atoms with Crippen LogP contribution >= 0.6 is 23.2 Å². The quantitative estimate of drug-likeness (QED) is 0.889. The summed E-state index contributed by atoms with van der Waals surface area (Å²) in [5.41, 5.74) is 5.67. The maximum absolute atomic E-state index is 11.9. The van der Waals surface area contributed by atoms with Crippen molar-refractivity contribution in [3.05, 3.63) is 22.3 Å². The average Bonchev–Trinajstić information content (AvgIpc) is 2.80. The van der Waals surface area contributed by atoms with Crippen LogP contribution in [0.2, 0.25) is 10.0 Å². The molecule has 104 valence electrons. The predicted molar refractivity (Wildman–Crippen MR) is 76.5 cm³/mol. The van der Waals surface area contributed by atoms with Crippen molar-refractivity contribution < 1.29 is 4.79 Å². The van der Waals surface area contributed by atoms with Crippen LogP contribution in [0.25, 0.3) is 0 Å². The zero-order chi connectivity index (χ0) is 13.8. The second-order valence-corrected chi connectivity index (χ2v) is 5.38. The normalized spacial score (nSPS) is 19.6. The molecule has 0 bridgehead atoms. The number of carbonyl (C=O) groups excluding carboxylic acids is 1. The molecular weight excluding hydrogens is 287 g/mol. The summed E-state index contributed by atoms with van der Waals surface area (Å²) in [6, 6.07) is 1.84. The molecule has 0 spiro atoms. The van der Waals surface area contributed by atoms with Gasteiger partial charge in [-0.1, -0.05) is 23.2 Å². The Balaban J connectivity index is 1.94. The summed E-state index contributed by atoms with van der Waals surface area (Å²) in [5.74, 6) is 0.191. The molecule has 1 aliphatic heterocycles. The second-order valence-electron chi connectivity index (χ2n) is 4.53. The number of nitrogens with one attached hydrogen (secondary N) is 1. The lowest BCUT2D eigenvalue weighted by atomic mass is 10.2. The molecule has 0 saturated carbocycles. The molecule has 1 atom stereocenters. The first-order valence-corrected chi connectivity index (χ1v) is 6.90. The van der Waals surface area contributed by atoms with E-state index in [1.807, 2.05) is 0 Å². The van der Waals surface area contributed by atoms with Gasteiger partial charge in [0.1, 0.15) is 0 Å². The molecule has 1 aromatic rings. The summed E-state index contributed by atoms with van der Waals surface area (Å²) in [4.78, 5) is 18.0. The standard InChI is InChI=1S/C12H16Cl2N4O/c13-8-4-10(14)12(16-6-8)17-11(19)7-18-3-1-2-9(18)5-15/h4,6,9H,1-3,5,7,15H2,(H,16,17,19). The fourth-order valence-corrected chi connectivity index (χ4v) is 2.66. The van der Waals surface area contributed by atoms with Crippen molar-refractivity contribution in [2.75, 3.05) is 25.0 Å². The van der Waals surface area contributed by atoms with Crippen LogP contribution in [0, 0.1) is 0 Å². The summed E-state index contributed by atoms with van der Waals surface area (Å²) in [5, 5.41) is 3.45. The fourth-order valence-electron chi connectivity index (χ4n) is 2.23. The summed E-state index contributed by atoms with van der Waals surface area (Å²) < 4.78 is 0. The van der Waals surface area contributed by atoms with Gasteiger partial charge in [0.05, 0.1) is 16.6 Å². The van der Waals surface area contributed by atoms with Gasteiger partial charge in [0.2, 0.25) is 5.91 Å². The van der Waals surface area contributed by atoms with E-state index in [-0.39, 0.29) is 5.91 Å². The maximum Gasteiger partial charge on any atom is 0.239 e. The number of pyridine rings is 1. The van der Waals surface area contributed by atoms with Crippen LogP contribution in [-0.4, -0.2) is 41.5 Å². The molecule has 1 unspecified atom stereocenters. The van der Waals surface area contributed by atoms with E-state index in [1.165, 1.54) is 6.20 Å². The number of halogens is 2. The van der Waals surface area contributed by atoms with E-state index in [0.29, 0.717) is 35.0 Å². The highest BCUT2D eigenvalue weighted by Gasteiger charge is 2.25. The number of hydrogen-bond acceptors (Lipinski definition) is 4. The maximum atomic E-state index is 11.9. The minimum absolute atomic E-state index is 0.142. The Labute approximate surface area is 122 Å². The molecule has 0 radical (unpaired) electrons. The summed E-state index contributed by atoms with van der Waals surface area (Å²) >= 11 is 11.7. The zero-order valence-corrected chi connectivity index (χ0v) is 11.9. The highest BCUT2D eigenvalue weighted by atomic mass is 35.5. The van der Waals surface area contributed by atoms with Gasteiger partial charge in [0, 0.05) is 18.8 Å². The number of likely N-dealkylation sites (tertiary alicyclic amines) is 1. The molecule has 7 heteroatoms. The zero-order valence-electron chi connectivity index (χ0n) is 10.4. The number of carbonyl (C=O) groups is 1. The van der Waals surface area contributed by atoms with Gasteiger partial charge in [0.15, 0.2) is 5.82 Å². The smallest absolute Gasteiger partial charge is 0.239 e. The molecule has 2 rings (SSSR count). The van der Waals surface area contributed by atoms with Gasteiger partial charge in [-0.3, -0.25) is 9.69 Å². The van der Waals surface area contributed by atoms with Crippen LogP contribution < -0.4 is 11.1 Å². The first-order valence-electron chi connectivity index (χ1n) is 6.15. The van der Waals surface area contributed by atoms with E-state index in [0.717, 1.165) is 19.4 Å².